The van der Waals surface area contributed by atoms with Gasteiger partial charge in [0.1, 0.15) is 17.2 Å². The van der Waals surface area contributed by atoms with E-state index in [0.717, 1.165) is 16.7 Å². The first-order valence-corrected chi connectivity index (χ1v) is 11.5. The SMILES string of the molecule is COc1cc(OC)cc(-c2nn(-c3cc(N4CC[C@H](O)C4)ccc3[N+](=O)[O-])c(=O)c3c2CCC3)c1. The Kier molecular flexibility index (Phi) is 5.89. The molecular formula is C25H26N4O6. The standard InChI is InChI=1S/C25H26N4O6/c1-34-18-10-15(11-19(13-18)35-2)24-20-4-3-5-21(20)25(31)28(26-24)23-12-16(6-7-22(23)29(32)33)27-9-8-17(30)14-27/h6-7,10-13,17,30H,3-5,8-9,14H2,1-2H3/t17-/m0/s1. The predicted molar refractivity (Wildman–Crippen MR) is 130 cm³/mol. The highest BCUT2D eigenvalue weighted by atomic mass is 16.6. The fraction of sp³-hybridized carbons (Fsp3) is 0.360. The smallest absolute Gasteiger partial charge is 0.295 e. The summed E-state index contributed by atoms with van der Waals surface area (Å²) in [7, 11) is 3.11. The molecule has 2 aliphatic rings. The van der Waals surface area contributed by atoms with Crippen molar-refractivity contribution in [1.82, 2.24) is 9.78 Å². The lowest BCUT2D eigenvalue weighted by Crippen LogP contribution is -2.27. The molecular weight excluding hydrogens is 452 g/mol. The molecule has 1 saturated heterocycles. The van der Waals surface area contributed by atoms with Gasteiger partial charge in [0.2, 0.25) is 0 Å². The number of ether oxygens (including phenoxy) is 2. The van der Waals surface area contributed by atoms with Crippen LogP contribution in [0.1, 0.15) is 24.0 Å². The second kappa shape index (κ2) is 9.03. The molecule has 3 aromatic rings. The number of benzene rings is 2. The van der Waals surface area contributed by atoms with Crippen LogP contribution in [0.25, 0.3) is 16.9 Å². The number of fused-ring (bicyclic) bond motifs is 1. The first-order valence-electron chi connectivity index (χ1n) is 11.5. The number of nitro groups is 1. The summed E-state index contributed by atoms with van der Waals surface area (Å²) >= 11 is 0. The van der Waals surface area contributed by atoms with E-state index in [1.54, 1.807) is 32.4 Å². The minimum atomic E-state index is -0.506. The third-order valence-electron chi connectivity index (χ3n) is 6.69. The topological polar surface area (TPSA) is 120 Å². The number of aliphatic hydroxyl groups is 1. The van der Waals surface area contributed by atoms with Gasteiger partial charge in [-0.05, 0) is 55.5 Å². The monoisotopic (exact) mass is 478 g/mol. The Hall–Kier alpha value is -3.92. The highest BCUT2D eigenvalue weighted by molar-refractivity contribution is 5.70. The Balaban J connectivity index is 1.74. The van der Waals surface area contributed by atoms with Crippen LogP contribution in [0.15, 0.2) is 41.2 Å². The van der Waals surface area contributed by atoms with E-state index in [2.05, 4.69) is 5.10 Å². The molecule has 35 heavy (non-hydrogen) atoms. The summed E-state index contributed by atoms with van der Waals surface area (Å²) in [5.41, 5.74) is 2.98. The van der Waals surface area contributed by atoms with E-state index in [-0.39, 0.29) is 16.9 Å². The zero-order valence-corrected chi connectivity index (χ0v) is 19.6. The van der Waals surface area contributed by atoms with Crippen LogP contribution in [0.5, 0.6) is 11.5 Å². The molecule has 0 bridgehead atoms. The number of nitrogens with zero attached hydrogens (tertiary/aromatic N) is 4. The molecule has 1 fully saturated rings. The molecule has 10 nitrogen and oxygen atoms in total. The number of nitro benzene ring substituents is 1. The Morgan fingerprint density at radius 2 is 1.80 bits per heavy atom. The quantitative estimate of drug-likeness (QED) is 0.424. The van der Waals surface area contributed by atoms with Crippen LogP contribution in [0.3, 0.4) is 0 Å². The van der Waals surface area contributed by atoms with Crippen LogP contribution in [0.2, 0.25) is 0 Å². The van der Waals surface area contributed by atoms with Gasteiger partial charge in [-0.1, -0.05) is 0 Å². The van der Waals surface area contributed by atoms with Crippen LogP contribution < -0.4 is 19.9 Å². The van der Waals surface area contributed by atoms with Crippen LogP contribution in [-0.2, 0) is 12.8 Å². The molecule has 0 radical (unpaired) electrons. The lowest BCUT2D eigenvalue weighted by Gasteiger charge is -2.19. The molecule has 5 rings (SSSR count). The van der Waals surface area contributed by atoms with E-state index < -0.39 is 11.0 Å². The molecule has 0 saturated carbocycles. The number of anilines is 1. The number of aliphatic hydroxyl groups excluding tert-OH is 1. The normalized spacial score (nSPS) is 16.9. The first-order chi connectivity index (χ1) is 16.9. The average Bonchev–Trinajstić information content (AvgIpc) is 3.53. The van der Waals surface area contributed by atoms with Gasteiger partial charge in [0.15, 0.2) is 0 Å². The van der Waals surface area contributed by atoms with Crippen molar-refractivity contribution < 1.29 is 19.5 Å². The molecule has 0 spiro atoms. The van der Waals surface area contributed by atoms with Gasteiger partial charge in [0, 0.05) is 42.0 Å². The lowest BCUT2D eigenvalue weighted by molar-refractivity contribution is -0.384. The van der Waals surface area contributed by atoms with Gasteiger partial charge in [-0.3, -0.25) is 14.9 Å². The minimum Gasteiger partial charge on any atom is -0.497 e. The van der Waals surface area contributed by atoms with Crippen LogP contribution >= 0.6 is 0 Å². The molecule has 0 amide bonds. The average molecular weight is 479 g/mol. The van der Waals surface area contributed by atoms with Crippen molar-refractivity contribution in [3.63, 3.8) is 0 Å². The lowest BCUT2D eigenvalue weighted by atomic mass is 10.0. The van der Waals surface area contributed by atoms with E-state index in [1.165, 1.54) is 6.07 Å². The molecule has 0 unspecified atom stereocenters. The van der Waals surface area contributed by atoms with Gasteiger partial charge in [0.25, 0.3) is 11.2 Å². The summed E-state index contributed by atoms with van der Waals surface area (Å²) < 4.78 is 12.0. The predicted octanol–water partition coefficient (Wildman–Crippen LogP) is 2.88. The van der Waals surface area contributed by atoms with Crippen LogP contribution in [0.4, 0.5) is 11.4 Å². The van der Waals surface area contributed by atoms with Crippen molar-refractivity contribution in [3.8, 4) is 28.4 Å². The fourth-order valence-electron chi connectivity index (χ4n) is 4.92. The number of methoxy groups -OCH3 is 2. The second-order valence-corrected chi connectivity index (χ2v) is 8.80. The highest BCUT2D eigenvalue weighted by Crippen LogP contribution is 2.35. The third kappa shape index (κ3) is 4.10. The van der Waals surface area contributed by atoms with Gasteiger partial charge in [-0.2, -0.15) is 9.78 Å². The molecule has 182 valence electrons. The Morgan fingerprint density at radius 3 is 2.43 bits per heavy atom. The Labute approximate surface area is 201 Å². The van der Waals surface area contributed by atoms with Crippen LogP contribution in [-0.4, -0.2) is 53.2 Å². The van der Waals surface area contributed by atoms with Crippen molar-refractivity contribution >= 4 is 11.4 Å². The molecule has 1 atom stereocenters. The number of β-amino-alcohol motifs (C(OH)–C–C–N with tert-alkyl or cyclic N) is 1. The molecule has 2 aromatic carbocycles. The zero-order chi connectivity index (χ0) is 24.7. The van der Waals surface area contributed by atoms with E-state index in [1.807, 2.05) is 17.0 Å². The molecule has 1 aliphatic heterocycles. The fourth-order valence-corrected chi connectivity index (χ4v) is 4.92. The summed E-state index contributed by atoms with van der Waals surface area (Å²) in [5.74, 6) is 1.15. The maximum Gasteiger partial charge on any atom is 0.295 e. The second-order valence-electron chi connectivity index (χ2n) is 8.80. The molecule has 1 N–H and O–H groups in total. The van der Waals surface area contributed by atoms with Crippen molar-refractivity contribution in [3.05, 3.63) is 68.0 Å². The van der Waals surface area contributed by atoms with Gasteiger partial charge in [0.05, 0.1) is 30.9 Å². The Bertz CT molecular complexity index is 1350. The van der Waals surface area contributed by atoms with Crippen molar-refractivity contribution in [2.45, 2.75) is 31.8 Å². The molecule has 10 heteroatoms. The van der Waals surface area contributed by atoms with E-state index >= 15 is 0 Å². The van der Waals surface area contributed by atoms with Gasteiger partial charge in [-0.25, -0.2) is 0 Å². The number of rotatable bonds is 6. The number of hydrogen-bond acceptors (Lipinski definition) is 8. The van der Waals surface area contributed by atoms with Gasteiger partial charge >= 0.3 is 0 Å². The number of hydrogen-bond donors (Lipinski definition) is 1. The Morgan fingerprint density at radius 1 is 1.09 bits per heavy atom. The summed E-state index contributed by atoms with van der Waals surface area (Å²) in [5, 5.41) is 26.6. The van der Waals surface area contributed by atoms with Gasteiger partial charge in [-0.15, -0.1) is 0 Å². The zero-order valence-electron chi connectivity index (χ0n) is 19.6. The molecule has 1 aliphatic carbocycles. The van der Waals surface area contributed by atoms with E-state index in [0.29, 0.717) is 66.4 Å². The van der Waals surface area contributed by atoms with Crippen LogP contribution in [0, 0.1) is 10.1 Å². The summed E-state index contributed by atoms with van der Waals surface area (Å²) in [6.07, 6.45) is 2.24. The summed E-state index contributed by atoms with van der Waals surface area (Å²) in [6.45, 7) is 1.05. The first kappa shape index (κ1) is 22.9. The molecule has 2 heterocycles. The van der Waals surface area contributed by atoms with E-state index in [9.17, 15) is 20.0 Å². The maximum atomic E-state index is 13.5. The largest absolute Gasteiger partial charge is 0.497 e. The summed E-state index contributed by atoms with van der Waals surface area (Å²) in [4.78, 5) is 26.9. The highest BCUT2D eigenvalue weighted by Gasteiger charge is 2.28. The third-order valence-corrected chi connectivity index (χ3v) is 6.69. The number of aromatic nitrogens is 2. The van der Waals surface area contributed by atoms with Gasteiger partial charge < -0.3 is 19.5 Å². The van der Waals surface area contributed by atoms with Crippen molar-refractivity contribution in [2.24, 2.45) is 0 Å². The van der Waals surface area contributed by atoms with Crippen molar-refractivity contribution in [2.75, 3.05) is 32.2 Å². The molecule has 1 aromatic heterocycles. The maximum absolute atomic E-state index is 13.5. The van der Waals surface area contributed by atoms with E-state index in [4.69, 9.17) is 9.47 Å². The minimum absolute atomic E-state index is 0.102. The summed E-state index contributed by atoms with van der Waals surface area (Å²) in [6, 6.07) is 10.0. The van der Waals surface area contributed by atoms with Crippen molar-refractivity contribution in [1.29, 1.82) is 0 Å².